The first-order chi connectivity index (χ1) is 16.4. The highest BCUT2D eigenvalue weighted by molar-refractivity contribution is 5.77. The lowest BCUT2D eigenvalue weighted by atomic mass is 9.77. The first-order valence-corrected chi connectivity index (χ1v) is 11.4. The predicted octanol–water partition coefficient (Wildman–Crippen LogP) is 5.73. The van der Waals surface area contributed by atoms with E-state index in [0.717, 1.165) is 5.56 Å². The summed E-state index contributed by atoms with van der Waals surface area (Å²) in [6, 6.07) is 10.9. The molecule has 1 amide bonds. The lowest BCUT2D eigenvalue weighted by Crippen LogP contribution is -2.64. The van der Waals surface area contributed by atoms with Crippen molar-refractivity contribution in [2.45, 2.75) is 68.7 Å². The Bertz CT molecular complexity index is 1020. The fraction of sp³-hybridized carbons (Fsp3) is 0.480. The second-order valence-electron chi connectivity index (χ2n) is 9.24. The highest BCUT2D eigenvalue weighted by Crippen LogP contribution is 2.40. The maximum Gasteiger partial charge on any atom is 0.416 e. The zero-order chi connectivity index (χ0) is 25.4. The first-order valence-electron chi connectivity index (χ1n) is 11.4. The summed E-state index contributed by atoms with van der Waals surface area (Å²) in [7, 11) is 0. The summed E-state index contributed by atoms with van der Waals surface area (Å²) in [4.78, 5) is 11.8. The molecule has 4 rings (SSSR count). The van der Waals surface area contributed by atoms with Gasteiger partial charge in [-0.2, -0.15) is 26.3 Å². The fourth-order valence-electron chi connectivity index (χ4n) is 4.90. The van der Waals surface area contributed by atoms with Crippen molar-refractivity contribution in [3.05, 3.63) is 70.8 Å². The molecule has 190 valence electrons. The molecule has 0 spiro atoms. The van der Waals surface area contributed by atoms with Crippen molar-refractivity contribution in [2.75, 3.05) is 6.61 Å². The van der Waals surface area contributed by atoms with Crippen molar-refractivity contribution in [3.63, 3.8) is 0 Å². The number of nitrogens with one attached hydrogen (secondary N) is 2. The van der Waals surface area contributed by atoms with Gasteiger partial charge in [-0.25, -0.2) is 0 Å². The minimum Gasteiger partial charge on any atom is -0.372 e. The van der Waals surface area contributed by atoms with E-state index >= 15 is 0 Å². The van der Waals surface area contributed by atoms with Crippen LogP contribution in [-0.2, 0) is 27.4 Å². The standard InChI is InChI=1S/C25H26F6N2O2/c1-15(16-11-18(24(26,27)28)13-19(12-16)25(29,30)31)35-14-23(17-5-3-2-4-6-17)10-9-20-21(33-23)7-8-22(34)32-20/h2-6,11-13,15,20-21,33H,7-10,14H2,1H3,(H,32,34)/t15-,20?,21?,23?/m1/s1. The zero-order valence-electron chi connectivity index (χ0n) is 19.0. The molecule has 3 unspecified atom stereocenters. The van der Waals surface area contributed by atoms with E-state index < -0.39 is 35.1 Å². The van der Waals surface area contributed by atoms with Crippen molar-refractivity contribution in [1.82, 2.24) is 10.6 Å². The third kappa shape index (κ3) is 5.64. The van der Waals surface area contributed by atoms with Crippen LogP contribution in [-0.4, -0.2) is 24.6 Å². The maximum absolute atomic E-state index is 13.3. The van der Waals surface area contributed by atoms with Crippen molar-refractivity contribution in [1.29, 1.82) is 0 Å². The van der Waals surface area contributed by atoms with Gasteiger partial charge in [0.15, 0.2) is 0 Å². The molecule has 0 aromatic heterocycles. The molecule has 2 saturated heterocycles. The number of piperidine rings is 2. The van der Waals surface area contributed by atoms with Crippen LogP contribution in [0.1, 0.15) is 61.0 Å². The molecule has 2 aliphatic rings. The van der Waals surface area contributed by atoms with Crippen molar-refractivity contribution >= 4 is 5.91 Å². The van der Waals surface area contributed by atoms with Gasteiger partial charge < -0.3 is 15.4 Å². The average Bonchev–Trinajstić information content (AvgIpc) is 2.81. The van der Waals surface area contributed by atoms with Crippen LogP contribution in [0.3, 0.4) is 0 Å². The van der Waals surface area contributed by atoms with Crippen LogP contribution < -0.4 is 10.6 Å². The molecule has 2 aliphatic heterocycles. The van der Waals surface area contributed by atoms with Crippen LogP contribution in [0.4, 0.5) is 26.3 Å². The van der Waals surface area contributed by atoms with Gasteiger partial charge in [0.1, 0.15) is 0 Å². The number of alkyl halides is 6. The smallest absolute Gasteiger partial charge is 0.372 e. The highest BCUT2D eigenvalue weighted by Gasteiger charge is 2.44. The summed E-state index contributed by atoms with van der Waals surface area (Å²) in [5.41, 5.74) is -2.73. The first kappa shape index (κ1) is 25.5. The van der Waals surface area contributed by atoms with E-state index in [1.807, 2.05) is 30.3 Å². The molecule has 0 bridgehead atoms. The van der Waals surface area contributed by atoms with Gasteiger partial charge in [-0.15, -0.1) is 0 Å². The molecule has 2 aromatic carbocycles. The van der Waals surface area contributed by atoms with E-state index in [4.69, 9.17) is 4.74 Å². The Balaban J connectivity index is 1.60. The molecule has 35 heavy (non-hydrogen) atoms. The van der Waals surface area contributed by atoms with Gasteiger partial charge in [-0.05, 0) is 55.5 Å². The van der Waals surface area contributed by atoms with Gasteiger partial charge in [0.25, 0.3) is 0 Å². The van der Waals surface area contributed by atoms with E-state index in [9.17, 15) is 31.1 Å². The van der Waals surface area contributed by atoms with Gasteiger partial charge in [0.2, 0.25) is 5.91 Å². The molecule has 2 heterocycles. The summed E-state index contributed by atoms with van der Waals surface area (Å²) in [5.74, 6) is -0.00449. The number of carbonyl (C=O) groups excluding carboxylic acids is 1. The van der Waals surface area contributed by atoms with Crippen LogP contribution in [0.25, 0.3) is 0 Å². The monoisotopic (exact) mass is 500 g/mol. The third-order valence-electron chi connectivity index (χ3n) is 6.84. The number of amides is 1. The number of ether oxygens (including phenoxy) is 1. The molecule has 0 saturated carbocycles. The summed E-state index contributed by atoms with van der Waals surface area (Å²) < 4.78 is 85.8. The Morgan fingerprint density at radius 2 is 1.60 bits per heavy atom. The summed E-state index contributed by atoms with van der Waals surface area (Å²) >= 11 is 0. The Morgan fingerprint density at radius 3 is 2.20 bits per heavy atom. The third-order valence-corrected chi connectivity index (χ3v) is 6.84. The number of hydrogen-bond donors (Lipinski definition) is 2. The number of halogens is 6. The molecule has 2 N–H and O–H groups in total. The normalized spacial score (nSPS) is 26.1. The average molecular weight is 500 g/mol. The molecular formula is C25H26F6N2O2. The topological polar surface area (TPSA) is 50.4 Å². The second-order valence-corrected chi connectivity index (χ2v) is 9.24. The fourth-order valence-corrected chi connectivity index (χ4v) is 4.90. The lowest BCUT2D eigenvalue weighted by molar-refractivity contribution is -0.143. The van der Waals surface area contributed by atoms with Crippen molar-refractivity contribution in [2.24, 2.45) is 0 Å². The second kappa shape index (κ2) is 9.46. The van der Waals surface area contributed by atoms with E-state index in [-0.39, 0.29) is 36.2 Å². The van der Waals surface area contributed by atoms with E-state index in [1.54, 1.807) is 0 Å². The quantitative estimate of drug-likeness (QED) is 0.516. The van der Waals surface area contributed by atoms with E-state index in [1.165, 1.54) is 6.92 Å². The largest absolute Gasteiger partial charge is 0.416 e. The lowest BCUT2D eigenvalue weighted by Gasteiger charge is -2.48. The minimum absolute atomic E-state index is 0.00449. The van der Waals surface area contributed by atoms with Crippen LogP contribution in [0.2, 0.25) is 0 Å². The van der Waals surface area contributed by atoms with E-state index in [2.05, 4.69) is 10.6 Å². The molecule has 0 radical (unpaired) electrons. The summed E-state index contributed by atoms with van der Waals surface area (Å²) in [6.07, 6.45) is -8.63. The molecule has 4 nitrogen and oxygen atoms in total. The summed E-state index contributed by atoms with van der Waals surface area (Å²) in [6.45, 7) is 1.48. The molecule has 10 heteroatoms. The molecule has 4 atom stereocenters. The Labute approximate surface area is 199 Å². The van der Waals surface area contributed by atoms with Gasteiger partial charge in [0, 0.05) is 18.5 Å². The molecule has 2 aromatic rings. The molecule has 0 aliphatic carbocycles. The van der Waals surface area contributed by atoms with Crippen LogP contribution in [0, 0.1) is 0 Å². The van der Waals surface area contributed by atoms with Gasteiger partial charge in [-0.1, -0.05) is 30.3 Å². The van der Waals surface area contributed by atoms with Crippen LogP contribution >= 0.6 is 0 Å². The maximum atomic E-state index is 13.3. The minimum atomic E-state index is -4.92. The zero-order valence-corrected chi connectivity index (χ0v) is 19.0. The SMILES string of the molecule is C[C@@H](OCC1(c2ccccc2)CCC2NC(=O)CCC2N1)c1cc(C(F)(F)F)cc(C(F)(F)F)c1. The molecular weight excluding hydrogens is 474 g/mol. The summed E-state index contributed by atoms with van der Waals surface area (Å²) in [5, 5.41) is 6.57. The number of rotatable bonds is 5. The van der Waals surface area contributed by atoms with Gasteiger partial charge >= 0.3 is 12.4 Å². The number of carbonyl (C=O) groups is 1. The Kier molecular flexibility index (Phi) is 6.89. The highest BCUT2D eigenvalue weighted by atomic mass is 19.4. The number of fused-ring (bicyclic) bond motifs is 1. The molecule has 2 fully saturated rings. The van der Waals surface area contributed by atoms with Crippen molar-refractivity contribution < 1.29 is 35.9 Å². The van der Waals surface area contributed by atoms with Crippen molar-refractivity contribution in [3.8, 4) is 0 Å². The Morgan fingerprint density at radius 1 is 0.971 bits per heavy atom. The van der Waals surface area contributed by atoms with Gasteiger partial charge in [-0.3, -0.25) is 4.79 Å². The van der Waals surface area contributed by atoms with Crippen LogP contribution in [0.15, 0.2) is 48.5 Å². The Hall–Kier alpha value is -2.59. The van der Waals surface area contributed by atoms with E-state index in [0.29, 0.717) is 37.8 Å². The number of hydrogen-bond acceptors (Lipinski definition) is 3. The number of benzene rings is 2. The predicted molar refractivity (Wildman–Crippen MR) is 116 cm³/mol. The van der Waals surface area contributed by atoms with Gasteiger partial charge in [0.05, 0.1) is 29.4 Å². The van der Waals surface area contributed by atoms with Crippen LogP contribution in [0.5, 0.6) is 0 Å².